The highest BCUT2D eigenvalue weighted by Crippen LogP contribution is 2.44. The van der Waals surface area contributed by atoms with Gasteiger partial charge in [-0.05, 0) is 25.1 Å². The smallest absolute Gasteiger partial charge is 0.239 e. The molecule has 0 amide bonds. The van der Waals surface area contributed by atoms with E-state index in [1.54, 1.807) is 0 Å². The van der Waals surface area contributed by atoms with Crippen LogP contribution in [0.2, 0.25) is 0 Å². The van der Waals surface area contributed by atoms with E-state index in [-0.39, 0.29) is 11.3 Å². The Bertz CT molecular complexity index is 1610. The SMILES string of the molecule is COc1cc(O)c2c(=O)c(O[C@@H]3O[C@H](CO[C@@H]4O[C@@H](C)[C@H](O)[C@H](O)[C@H]4O)[C@H](O)[C@H](O)[C@@H]3O)c(-c3ccc(O)c(O)c3)oc2c1O. The summed E-state index contributed by atoms with van der Waals surface area (Å²) in [6.07, 6.45) is -16.4. The number of hydrogen-bond donors (Lipinski definition) is 10. The Morgan fingerprint density at radius 1 is 0.778 bits per heavy atom. The summed E-state index contributed by atoms with van der Waals surface area (Å²) in [6.45, 7) is 0.793. The fourth-order valence-corrected chi connectivity index (χ4v) is 5.02. The maximum atomic E-state index is 13.7. The summed E-state index contributed by atoms with van der Waals surface area (Å²) in [5, 5.41) is 103. The lowest BCUT2D eigenvalue weighted by Crippen LogP contribution is -2.61. The number of phenols is 4. The molecular weight excluding hydrogens is 608 g/mol. The van der Waals surface area contributed by atoms with Crippen LogP contribution in [0.25, 0.3) is 22.3 Å². The van der Waals surface area contributed by atoms with Crippen LogP contribution in [0.3, 0.4) is 0 Å². The van der Waals surface area contributed by atoms with Gasteiger partial charge in [-0.3, -0.25) is 4.79 Å². The number of rotatable bonds is 7. The summed E-state index contributed by atoms with van der Waals surface area (Å²) in [4.78, 5) is 13.7. The molecule has 0 spiro atoms. The molecule has 3 aromatic rings. The Balaban J connectivity index is 1.52. The summed E-state index contributed by atoms with van der Waals surface area (Å²) < 4.78 is 32.9. The van der Waals surface area contributed by atoms with Gasteiger partial charge in [-0.15, -0.1) is 0 Å². The molecule has 246 valence electrons. The molecule has 2 saturated heterocycles. The first kappa shape index (κ1) is 32.5. The third kappa shape index (κ3) is 5.81. The number of phenolic OH excluding ortho intramolecular Hbond substituents is 4. The zero-order valence-corrected chi connectivity index (χ0v) is 23.6. The first-order valence-electron chi connectivity index (χ1n) is 13.5. The molecule has 2 aliphatic rings. The van der Waals surface area contributed by atoms with Crippen molar-refractivity contribution in [3.8, 4) is 45.8 Å². The van der Waals surface area contributed by atoms with E-state index in [0.717, 1.165) is 18.2 Å². The Kier molecular flexibility index (Phi) is 9.00. The van der Waals surface area contributed by atoms with E-state index in [1.165, 1.54) is 20.1 Å². The van der Waals surface area contributed by atoms with Crippen molar-refractivity contribution in [3.63, 3.8) is 0 Å². The second kappa shape index (κ2) is 12.5. The number of aliphatic hydroxyl groups is 6. The van der Waals surface area contributed by atoms with Gasteiger partial charge in [-0.2, -0.15) is 0 Å². The Morgan fingerprint density at radius 2 is 1.44 bits per heavy atom. The molecule has 0 bridgehead atoms. The molecule has 2 fully saturated rings. The lowest BCUT2D eigenvalue weighted by Gasteiger charge is -2.42. The Labute approximate surface area is 252 Å². The van der Waals surface area contributed by atoms with Crippen molar-refractivity contribution in [2.75, 3.05) is 13.7 Å². The minimum atomic E-state index is -2.00. The summed E-state index contributed by atoms with van der Waals surface area (Å²) in [5.41, 5.74) is -1.75. The van der Waals surface area contributed by atoms with Crippen LogP contribution < -0.4 is 14.9 Å². The predicted octanol–water partition coefficient (Wildman–Crippen LogP) is -1.68. The lowest BCUT2D eigenvalue weighted by atomic mass is 9.98. The third-order valence-electron chi connectivity index (χ3n) is 7.64. The third-order valence-corrected chi connectivity index (χ3v) is 7.64. The number of benzene rings is 2. The van der Waals surface area contributed by atoms with Crippen molar-refractivity contribution in [2.45, 2.75) is 68.3 Å². The number of fused-ring (bicyclic) bond motifs is 1. The van der Waals surface area contributed by atoms with Gasteiger partial charge in [0, 0.05) is 11.6 Å². The van der Waals surface area contributed by atoms with Crippen molar-refractivity contribution in [2.24, 2.45) is 0 Å². The van der Waals surface area contributed by atoms with Gasteiger partial charge >= 0.3 is 0 Å². The van der Waals surface area contributed by atoms with Gasteiger partial charge in [0.15, 0.2) is 34.9 Å². The van der Waals surface area contributed by atoms with Gasteiger partial charge in [0.2, 0.25) is 23.2 Å². The van der Waals surface area contributed by atoms with E-state index < -0.39 is 119 Å². The van der Waals surface area contributed by atoms with Crippen LogP contribution in [-0.2, 0) is 14.2 Å². The normalized spacial score (nSPS) is 32.0. The van der Waals surface area contributed by atoms with E-state index in [2.05, 4.69) is 0 Å². The number of aliphatic hydroxyl groups excluding tert-OH is 6. The van der Waals surface area contributed by atoms with Crippen molar-refractivity contribution < 1.29 is 79.2 Å². The molecule has 2 aromatic carbocycles. The van der Waals surface area contributed by atoms with Crippen LogP contribution in [0.15, 0.2) is 33.5 Å². The van der Waals surface area contributed by atoms with Gasteiger partial charge in [0.25, 0.3) is 0 Å². The summed E-state index contributed by atoms with van der Waals surface area (Å²) in [6, 6.07) is 4.18. The van der Waals surface area contributed by atoms with Crippen LogP contribution in [0.1, 0.15) is 6.92 Å². The Hall–Kier alpha value is -3.91. The first-order valence-corrected chi connectivity index (χ1v) is 13.5. The van der Waals surface area contributed by atoms with Gasteiger partial charge < -0.3 is 79.2 Å². The molecule has 0 aliphatic carbocycles. The number of ether oxygens (including phenoxy) is 5. The number of methoxy groups -OCH3 is 1. The molecule has 17 nitrogen and oxygen atoms in total. The van der Waals surface area contributed by atoms with E-state index >= 15 is 0 Å². The highest BCUT2D eigenvalue weighted by molar-refractivity contribution is 5.93. The van der Waals surface area contributed by atoms with E-state index in [4.69, 9.17) is 28.1 Å². The van der Waals surface area contributed by atoms with Crippen LogP contribution in [0.5, 0.6) is 34.5 Å². The Morgan fingerprint density at radius 3 is 2.11 bits per heavy atom. The molecule has 3 heterocycles. The average molecular weight is 641 g/mol. The second-order valence-corrected chi connectivity index (χ2v) is 10.6. The highest BCUT2D eigenvalue weighted by atomic mass is 16.7. The maximum absolute atomic E-state index is 13.7. The fraction of sp³-hybridized carbons (Fsp3) is 0.464. The van der Waals surface area contributed by atoms with Crippen LogP contribution >= 0.6 is 0 Å². The molecule has 5 rings (SSSR count). The molecule has 0 unspecified atom stereocenters. The topological polar surface area (TPSA) is 279 Å². The number of hydrogen-bond acceptors (Lipinski definition) is 17. The van der Waals surface area contributed by atoms with E-state index in [0.29, 0.717) is 0 Å². The quantitative estimate of drug-likeness (QED) is 0.102. The monoisotopic (exact) mass is 640 g/mol. The summed E-state index contributed by atoms with van der Waals surface area (Å²) >= 11 is 0. The maximum Gasteiger partial charge on any atom is 0.239 e. The molecule has 0 radical (unpaired) electrons. The number of aromatic hydroxyl groups is 4. The van der Waals surface area contributed by atoms with Gasteiger partial charge in [0.1, 0.15) is 53.9 Å². The molecule has 17 heteroatoms. The van der Waals surface area contributed by atoms with Crippen molar-refractivity contribution in [1.82, 2.24) is 0 Å². The summed E-state index contributed by atoms with van der Waals surface area (Å²) in [7, 11) is 1.18. The minimum absolute atomic E-state index is 0.0925. The molecule has 1 aromatic heterocycles. The van der Waals surface area contributed by atoms with E-state index in [1.807, 2.05) is 0 Å². The standard InChI is InChI=1S/C28H32O17/c1-8-16(32)20(36)22(38)27(42-8)41-7-14-17(33)21(37)23(39)28(43-14)45-26-19(35)15-12(31)6-13(40-2)18(34)25(15)44-24(26)9-3-4-10(29)11(30)5-9/h3-6,8,14,16-17,20-23,27-34,36-39H,7H2,1-2H3/t8-,14+,16-,17-,20-,21-,22+,23-,27+,28-/m0/s1. The highest BCUT2D eigenvalue weighted by Gasteiger charge is 2.48. The van der Waals surface area contributed by atoms with Crippen molar-refractivity contribution >= 4 is 11.0 Å². The largest absolute Gasteiger partial charge is 0.507 e. The van der Waals surface area contributed by atoms with Crippen LogP contribution in [-0.4, -0.2) is 126 Å². The molecular formula is C28H32O17. The first-order chi connectivity index (χ1) is 21.2. The van der Waals surface area contributed by atoms with Crippen LogP contribution in [0.4, 0.5) is 0 Å². The lowest BCUT2D eigenvalue weighted by molar-refractivity contribution is -0.318. The molecule has 0 saturated carbocycles. The molecule has 45 heavy (non-hydrogen) atoms. The molecule has 2 aliphatic heterocycles. The van der Waals surface area contributed by atoms with Gasteiger partial charge in [0.05, 0.1) is 19.8 Å². The second-order valence-electron chi connectivity index (χ2n) is 10.6. The van der Waals surface area contributed by atoms with Gasteiger partial charge in [-0.1, -0.05) is 0 Å². The molecule has 10 atom stereocenters. The summed E-state index contributed by atoms with van der Waals surface area (Å²) in [5.74, 6) is -4.04. The molecule has 10 N–H and O–H groups in total. The zero-order chi connectivity index (χ0) is 32.9. The minimum Gasteiger partial charge on any atom is -0.507 e. The van der Waals surface area contributed by atoms with E-state index in [9.17, 15) is 55.9 Å². The van der Waals surface area contributed by atoms with Gasteiger partial charge in [-0.25, -0.2) is 0 Å². The van der Waals surface area contributed by atoms with Crippen molar-refractivity contribution in [3.05, 3.63) is 34.5 Å². The zero-order valence-electron chi connectivity index (χ0n) is 23.6. The fourth-order valence-electron chi connectivity index (χ4n) is 5.02. The van der Waals surface area contributed by atoms with Crippen LogP contribution in [0, 0.1) is 0 Å². The van der Waals surface area contributed by atoms with Crippen molar-refractivity contribution in [1.29, 1.82) is 0 Å². The average Bonchev–Trinajstić information content (AvgIpc) is 3.01. The predicted molar refractivity (Wildman–Crippen MR) is 147 cm³/mol.